The van der Waals surface area contributed by atoms with Crippen molar-refractivity contribution in [1.82, 2.24) is 20.4 Å². The van der Waals surface area contributed by atoms with Crippen molar-refractivity contribution >= 4 is 52.9 Å². The van der Waals surface area contributed by atoms with Crippen molar-refractivity contribution < 1.29 is 38.2 Å². The van der Waals surface area contributed by atoms with E-state index < -0.39 is 30.3 Å². The van der Waals surface area contributed by atoms with E-state index in [4.69, 9.17) is 4.74 Å². The molecule has 3 saturated heterocycles. The van der Waals surface area contributed by atoms with Crippen LogP contribution < -0.4 is 26.2 Å². The molecule has 332 valence electrons. The van der Waals surface area contributed by atoms with Crippen LogP contribution >= 0.6 is 0 Å². The van der Waals surface area contributed by atoms with Crippen LogP contribution in [0.15, 0.2) is 72.8 Å². The van der Waals surface area contributed by atoms with Gasteiger partial charge in [-0.1, -0.05) is 71.0 Å². The third-order valence-electron chi connectivity index (χ3n) is 12.2. The number of hydrogen-bond donors (Lipinski definition) is 4. The van der Waals surface area contributed by atoms with Crippen LogP contribution in [-0.2, 0) is 34.1 Å². The molecular formula is C47H61N7O8. The van der Waals surface area contributed by atoms with Gasteiger partial charge >= 0.3 is 12.2 Å². The van der Waals surface area contributed by atoms with Crippen molar-refractivity contribution in [1.29, 1.82) is 0 Å². The average Bonchev–Trinajstić information content (AvgIpc) is 4.05. The summed E-state index contributed by atoms with van der Waals surface area (Å²) in [6, 6.07) is 22.5. The summed E-state index contributed by atoms with van der Waals surface area (Å²) in [6.45, 7) is 10.9. The Morgan fingerprint density at radius 2 is 1.15 bits per heavy atom. The summed E-state index contributed by atoms with van der Waals surface area (Å²) in [6.07, 6.45) is 2.78. The summed E-state index contributed by atoms with van der Waals surface area (Å²) in [5.74, 6) is -1.39. The van der Waals surface area contributed by atoms with E-state index in [9.17, 15) is 28.8 Å². The topological polar surface area (TPSA) is 179 Å². The molecule has 0 aliphatic carbocycles. The number of rotatable bonds is 12. The summed E-state index contributed by atoms with van der Waals surface area (Å²) >= 11 is 0. The Morgan fingerprint density at radius 1 is 0.661 bits per heavy atom. The molecule has 3 fully saturated rings. The lowest BCUT2D eigenvalue weighted by Gasteiger charge is -2.34. The molecule has 3 aliphatic rings. The Labute approximate surface area is 364 Å². The molecule has 3 aromatic carbocycles. The predicted octanol–water partition coefficient (Wildman–Crippen LogP) is 6.66. The highest BCUT2D eigenvalue weighted by molar-refractivity contribution is 5.99. The molecular weight excluding hydrogens is 791 g/mol. The van der Waals surface area contributed by atoms with E-state index in [0.717, 1.165) is 29.7 Å². The third-order valence-corrected chi connectivity index (χ3v) is 12.2. The van der Waals surface area contributed by atoms with Crippen LogP contribution in [0, 0.1) is 5.92 Å². The Morgan fingerprint density at radius 3 is 1.61 bits per heavy atom. The monoisotopic (exact) mass is 851 g/mol. The molecule has 6 rings (SSSR count). The van der Waals surface area contributed by atoms with E-state index in [1.165, 1.54) is 24.7 Å². The van der Waals surface area contributed by atoms with Crippen molar-refractivity contribution in [3.05, 3.63) is 89.5 Å². The molecule has 4 N–H and O–H groups in total. The summed E-state index contributed by atoms with van der Waals surface area (Å²) in [4.78, 5) is 82.4. The van der Waals surface area contributed by atoms with Gasteiger partial charge in [-0.2, -0.15) is 0 Å². The number of ether oxygens (including phenoxy) is 2. The molecule has 15 nitrogen and oxygen atoms in total. The number of amides is 6. The Hall–Kier alpha value is -6.12. The van der Waals surface area contributed by atoms with Gasteiger partial charge in [0.05, 0.1) is 26.3 Å². The van der Waals surface area contributed by atoms with Crippen LogP contribution in [0.5, 0.6) is 0 Å². The molecule has 15 heteroatoms. The van der Waals surface area contributed by atoms with Crippen molar-refractivity contribution in [3.63, 3.8) is 0 Å². The van der Waals surface area contributed by atoms with E-state index in [1.807, 2.05) is 62.4 Å². The second-order valence-electron chi connectivity index (χ2n) is 17.7. The highest BCUT2D eigenvalue weighted by Gasteiger charge is 2.40. The zero-order chi connectivity index (χ0) is 44.7. The van der Waals surface area contributed by atoms with Gasteiger partial charge in [0.25, 0.3) is 0 Å². The molecule has 6 amide bonds. The largest absolute Gasteiger partial charge is 0.453 e. The summed E-state index contributed by atoms with van der Waals surface area (Å²) < 4.78 is 9.30. The first-order chi connectivity index (χ1) is 29.6. The number of methoxy groups -OCH3 is 2. The average molecular weight is 852 g/mol. The Kier molecular flexibility index (Phi) is 14.4. The molecule has 3 heterocycles. The molecule has 0 bridgehead atoms. The quantitative estimate of drug-likeness (QED) is 0.155. The van der Waals surface area contributed by atoms with Crippen molar-refractivity contribution in [2.45, 2.75) is 109 Å². The summed E-state index contributed by atoms with van der Waals surface area (Å²) in [7, 11) is 2.48. The molecule has 0 unspecified atom stereocenters. The van der Waals surface area contributed by atoms with Crippen LogP contribution in [0.4, 0.5) is 26.7 Å². The van der Waals surface area contributed by atoms with Crippen LogP contribution in [0.3, 0.4) is 0 Å². The molecule has 5 atom stereocenters. The van der Waals surface area contributed by atoms with Gasteiger partial charge in [-0.25, -0.2) is 9.59 Å². The fourth-order valence-corrected chi connectivity index (χ4v) is 8.83. The molecule has 62 heavy (non-hydrogen) atoms. The number of alkyl carbamates (subject to hydrolysis) is 2. The standard InChI is InChI=1S/C47H61N7O8/c1-29(2)41(51-46(60)62-7)44(58)53-27-9-11-39(53)43(57)50-34-20-14-31(15-21-34)37-25-24-36(54(37)35-22-16-32(17-23-35)47(3,4)5)30-12-18-33(19-13-30)49-42(56)38-10-8-26-52(38)40(55)28-48-45(59)61-6/h12-23,29,36-39,41H,8-11,24-28H2,1-7H3,(H,48,59)(H,49,56)(H,50,57)(H,51,60)/t36-,37-,38-,39-,41-/m0/s1. The number of nitrogens with one attached hydrogen (secondary N) is 4. The number of anilines is 3. The normalized spacial score (nSPS) is 20.4. The van der Waals surface area contributed by atoms with Crippen LogP contribution in [0.1, 0.15) is 102 Å². The number of carbonyl (C=O) groups is 6. The van der Waals surface area contributed by atoms with Crippen molar-refractivity contribution in [2.75, 3.05) is 49.4 Å². The lowest BCUT2D eigenvalue weighted by Crippen LogP contribution is -2.54. The molecule has 0 spiro atoms. The van der Waals surface area contributed by atoms with Gasteiger partial charge in [0.1, 0.15) is 24.7 Å². The number of hydrogen-bond acceptors (Lipinski definition) is 9. The van der Waals surface area contributed by atoms with Gasteiger partial charge in [0, 0.05) is 30.2 Å². The van der Waals surface area contributed by atoms with Gasteiger partial charge in [-0.3, -0.25) is 19.2 Å². The van der Waals surface area contributed by atoms with Crippen molar-refractivity contribution in [2.24, 2.45) is 5.92 Å². The fraction of sp³-hybridized carbons (Fsp3) is 0.489. The minimum Gasteiger partial charge on any atom is -0.453 e. The lowest BCUT2D eigenvalue weighted by atomic mass is 9.87. The van der Waals surface area contributed by atoms with E-state index >= 15 is 0 Å². The smallest absolute Gasteiger partial charge is 0.407 e. The molecule has 0 radical (unpaired) electrons. The first-order valence-electron chi connectivity index (χ1n) is 21.6. The van der Waals surface area contributed by atoms with Crippen molar-refractivity contribution in [3.8, 4) is 0 Å². The van der Waals surface area contributed by atoms with Crippen LogP contribution in [0.25, 0.3) is 0 Å². The lowest BCUT2D eigenvalue weighted by molar-refractivity contribution is -0.139. The summed E-state index contributed by atoms with van der Waals surface area (Å²) in [5.41, 5.74) is 5.75. The minimum absolute atomic E-state index is 0.00939. The number of carbonyl (C=O) groups excluding carboxylic acids is 6. The van der Waals surface area contributed by atoms with Crippen LogP contribution in [-0.4, -0.2) is 97.6 Å². The van der Waals surface area contributed by atoms with Gasteiger partial charge in [0.15, 0.2) is 0 Å². The Balaban J connectivity index is 1.16. The minimum atomic E-state index is -0.812. The van der Waals surface area contributed by atoms with Gasteiger partial charge in [0.2, 0.25) is 23.6 Å². The van der Waals surface area contributed by atoms with E-state index in [-0.39, 0.29) is 53.6 Å². The summed E-state index contributed by atoms with van der Waals surface area (Å²) in [5, 5.41) is 11.1. The van der Waals surface area contributed by atoms with Crippen LogP contribution in [0.2, 0.25) is 0 Å². The van der Waals surface area contributed by atoms with E-state index in [1.54, 1.807) is 4.90 Å². The van der Waals surface area contributed by atoms with Gasteiger partial charge in [-0.15, -0.1) is 0 Å². The maximum Gasteiger partial charge on any atom is 0.407 e. The molecule has 0 aromatic heterocycles. The zero-order valence-corrected chi connectivity index (χ0v) is 36.9. The highest BCUT2D eigenvalue weighted by atomic mass is 16.5. The zero-order valence-electron chi connectivity index (χ0n) is 36.9. The van der Waals surface area contributed by atoms with E-state index in [0.29, 0.717) is 50.1 Å². The second kappa shape index (κ2) is 19.7. The van der Waals surface area contributed by atoms with Gasteiger partial charge in [-0.05, 0) is 103 Å². The Bertz CT molecular complexity index is 2080. The third kappa shape index (κ3) is 10.5. The molecule has 3 aliphatic heterocycles. The first-order valence-corrected chi connectivity index (χ1v) is 21.6. The van der Waals surface area contributed by atoms with E-state index in [2.05, 4.69) is 75.9 Å². The van der Waals surface area contributed by atoms with Gasteiger partial charge < -0.3 is 45.4 Å². The molecule has 3 aromatic rings. The number of nitrogens with zero attached hydrogens (tertiary/aromatic N) is 3. The molecule has 0 saturated carbocycles. The maximum absolute atomic E-state index is 13.6. The SMILES string of the molecule is COC(=O)NCC(=O)N1CCC[C@H]1C(=O)Nc1ccc([C@@H]2CC[C@@H](c3ccc(NC(=O)[C@@H]4CCCN4C(=O)[C@@H](NC(=O)OC)C(C)C)cc3)N2c2ccc(C(C)(C)C)cc2)cc1. The first kappa shape index (κ1) is 45.4. The maximum atomic E-state index is 13.6. The second-order valence-corrected chi connectivity index (χ2v) is 17.7. The predicted molar refractivity (Wildman–Crippen MR) is 237 cm³/mol. The number of benzene rings is 3. The number of likely N-dealkylation sites (tertiary alicyclic amines) is 2. The fourth-order valence-electron chi connectivity index (χ4n) is 8.83. The highest BCUT2D eigenvalue weighted by Crippen LogP contribution is 2.47.